The third-order valence-electron chi connectivity index (χ3n) is 8.89. The molecule has 1 amide bonds. The maximum absolute atomic E-state index is 14.1. The van der Waals surface area contributed by atoms with Gasteiger partial charge >= 0.3 is 6.18 Å². The van der Waals surface area contributed by atoms with Gasteiger partial charge in [0.1, 0.15) is 33.8 Å². The summed E-state index contributed by atoms with van der Waals surface area (Å²) in [5.74, 6) is -0.128. The number of nitrogens with zero attached hydrogens (tertiary/aromatic N) is 5. The van der Waals surface area contributed by atoms with E-state index in [9.17, 15) is 26.4 Å². The van der Waals surface area contributed by atoms with Crippen LogP contribution < -0.4 is 14.8 Å². The molecule has 12 nitrogen and oxygen atoms in total. The van der Waals surface area contributed by atoms with Gasteiger partial charge in [-0.15, -0.1) is 5.10 Å². The molecule has 0 bridgehead atoms. The number of carbonyl (C=O) groups excluding carboxylic acids is 1. The van der Waals surface area contributed by atoms with Gasteiger partial charge in [0.25, 0.3) is 0 Å². The van der Waals surface area contributed by atoms with Crippen molar-refractivity contribution in [2.75, 3.05) is 40.4 Å². The first-order valence-electron chi connectivity index (χ1n) is 14.9. The zero-order chi connectivity index (χ0) is 32.7. The lowest BCUT2D eigenvalue weighted by Crippen LogP contribution is -2.58. The molecular weight excluding hydrogens is 629 g/mol. The Balaban J connectivity index is 1.29. The zero-order valence-corrected chi connectivity index (χ0v) is 26.2. The number of fused-ring (bicyclic) bond motifs is 2. The second-order valence-corrected chi connectivity index (χ2v) is 13.8. The Hall–Kier alpha value is -3.73. The predicted octanol–water partition coefficient (Wildman–Crippen LogP) is 3.01. The summed E-state index contributed by atoms with van der Waals surface area (Å²) in [5.41, 5.74) is -0.694. The number of benzene rings is 2. The lowest BCUT2D eigenvalue weighted by Gasteiger charge is -2.42. The minimum absolute atomic E-state index is 0.00313. The van der Waals surface area contributed by atoms with Crippen molar-refractivity contribution in [1.82, 2.24) is 29.5 Å². The van der Waals surface area contributed by atoms with Crippen LogP contribution in [-0.2, 0) is 32.3 Å². The largest absolute Gasteiger partial charge is 0.494 e. The molecule has 2 atom stereocenters. The van der Waals surface area contributed by atoms with Crippen LogP contribution in [0.4, 0.5) is 13.2 Å². The number of methoxy groups -OCH3 is 1. The van der Waals surface area contributed by atoms with Crippen molar-refractivity contribution in [2.24, 2.45) is 0 Å². The molecule has 3 aliphatic heterocycles. The second-order valence-electron chi connectivity index (χ2n) is 11.9. The van der Waals surface area contributed by atoms with Gasteiger partial charge in [0, 0.05) is 38.0 Å². The van der Waals surface area contributed by atoms with Crippen LogP contribution in [0.2, 0.25) is 0 Å². The Kier molecular flexibility index (Phi) is 8.73. The van der Waals surface area contributed by atoms with Crippen molar-refractivity contribution < 1.29 is 40.6 Å². The van der Waals surface area contributed by atoms with E-state index in [1.54, 1.807) is 18.3 Å². The Labute approximate surface area is 264 Å². The number of halogens is 3. The van der Waals surface area contributed by atoms with E-state index in [1.165, 1.54) is 11.8 Å². The molecule has 6 rings (SSSR count). The Morgan fingerprint density at radius 3 is 2.63 bits per heavy atom. The van der Waals surface area contributed by atoms with Gasteiger partial charge in [-0.2, -0.15) is 17.5 Å². The molecule has 0 aliphatic carbocycles. The van der Waals surface area contributed by atoms with E-state index in [-0.39, 0.29) is 31.9 Å². The van der Waals surface area contributed by atoms with Crippen molar-refractivity contribution in [1.29, 1.82) is 0 Å². The average molecular weight is 665 g/mol. The maximum Gasteiger partial charge on any atom is 0.416 e. The minimum Gasteiger partial charge on any atom is -0.494 e. The highest BCUT2D eigenvalue weighted by atomic mass is 32.2. The summed E-state index contributed by atoms with van der Waals surface area (Å²) in [4.78, 5) is 15.4. The van der Waals surface area contributed by atoms with Crippen LogP contribution in [0.1, 0.15) is 36.9 Å². The van der Waals surface area contributed by atoms with Gasteiger partial charge in [0.05, 0.1) is 38.2 Å². The number of piperidine rings is 1. The van der Waals surface area contributed by atoms with Crippen LogP contribution in [0.15, 0.2) is 53.6 Å². The van der Waals surface area contributed by atoms with E-state index in [0.29, 0.717) is 55.5 Å². The number of ether oxygens (including phenoxy) is 3. The SMILES string of the molecule is COc1ccccc1-n1cc(CO[C@@H]2C[C@H]3C(=O)NC4(CCOc5ccc(C(F)(F)F)cc5S(=O)(=O)N3C2)CCN(C)CC4)nn1. The van der Waals surface area contributed by atoms with Crippen LogP contribution >= 0.6 is 0 Å². The Morgan fingerprint density at radius 1 is 1.13 bits per heavy atom. The lowest BCUT2D eigenvalue weighted by atomic mass is 9.84. The highest BCUT2D eigenvalue weighted by Crippen LogP contribution is 2.39. The van der Waals surface area contributed by atoms with Crippen LogP contribution in [-0.4, -0.2) is 96.6 Å². The van der Waals surface area contributed by atoms with Crippen molar-refractivity contribution in [3.63, 3.8) is 0 Å². The summed E-state index contributed by atoms with van der Waals surface area (Å²) >= 11 is 0. The normalized spacial score (nSPS) is 23.5. The molecule has 1 aromatic heterocycles. The minimum atomic E-state index is -4.79. The van der Waals surface area contributed by atoms with Gasteiger partial charge in [-0.25, -0.2) is 13.1 Å². The summed E-state index contributed by atoms with van der Waals surface area (Å²) < 4.78 is 89.1. The molecule has 1 spiro atoms. The molecule has 2 fully saturated rings. The number of sulfonamides is 1. The molecule has 0 saturated carbocycles. The first kappa shape index (κ1) is 32.2. The number of likely N-dealkylation sites (tertiary alicyclic amines) is 1. The van der Waals surface area contributed by atoms with Gasteiger partial charge in [-0.05, 0) is 50.2 Å². The smallest absolute Gasteiger partial charge is 0.416 e. The maximum atomic E-state index is 14.1. The number of para-hydroxylation sites is 2. The van der Waals surface area contributed by atoms with Gasteiger partial charge in [0.2, 0.25) is 15.9 Å². The molecule has 0 radical (unpaired) electrons. The van der Waals surface area contributed by atoms with Crippen LogP contribution in [0.5, 0.6) is 11.5 Å². The number of alkyl halides is 3. The number of nitrogens with one attached hydrogen (secondary N) is 1. The van der Waals surface area contributed by atoms with E-state index in [2.05, 4.69) is 20.5 Å². The van der Waals surface area contributed by atoms with Gasteiger partial charge in [-0.3, -0.25) is 4.79 Å². The third-order valence-corrected chi connectivity index (χ3v) is 10.8. The van der Waals surface area contributed by atoms with Crippen molar-refractivity contribution in [3.05, 3.63) is 59.9 Å². The Morgan fingerprint density at radius 2 is 1.89 bits per heavy atom. The fourth-order valence-electron chi connectivity index (χ4n) is 6.21. The fraction of sp³-hybridized carbons (Fsp3) is 0.500. The molecular formula is C30H35F3N6O6S. The van der Waals surface area contributed by atoms with Crippen LogP contribution in [0.25, 0.3) is 5.69 Å². The topological polar surface area (TPSA) is 128 Å². The van der Waals surface area contributed by atoms with Crippen molar-refractivity contribution >= 4 is 15.9 Å². The Bertz CT molecular complexity index is 1690. The highest BCUT2D eigenvalue weighted by Gasteiger charge is 2.48. The average Bonchev–Trinajstić information content (AvgIpc) is 3.69. The highest BCUT2D eigenvalue weighted by molar-refractivity contribution is 7.89. The summed E-state index contributed by atoms with van der Waals surface area (Å²) in [6.07, 6.45) is -2.32. The van der Waals surface area contributed by atoms with Crippen molar-refractivity contribution in [3.8, 4) is 17.2 Å². The molecule has 1 N–H and O–H groups in total. The van der Waals surface area contributed by atoms with E-state index in [0.717, 1.165) is 16.4 Å². The van der Waals surface area contributed by atoms with Gasteiger partial charge < -0.3 is 24.4 Å². The van der Waals surface area contributed by atoms with Crippen molar-refractivity contribution in [2.45, 2.75) is 61.0 Å². The molecule has 3 aliphatic rings. The van der Waals surface area contributed by atoms with Crippen LogP contribution in [0.3, 0.4) is 0 Å². The van der Waals surface area contributed by atoms with Gasteiger partial charge in [0.15, 0.2) is 0 Å². The monoisotopic (exact) mass is 664 g/mol. The molecule has 3 aromatic rings. The second kappa shape index (κ2) is 12.5. The number of aromatic nitrogens is 3. The first-order valence-corrected chi connectivity index (χ1v) is 16.4. The predicted molar refractivity (Wildman–Crippen MR) is 158 cm³/mol. The number of hydrogen-bond acceptors (Lipinski definition) is 9. The van der Waals surface area contributed by atoms with E-state index < -0.39 is 50.3 Å². The molecule has 0 unspecified atom stereocenters. The zero-order valence-electron chi connectivity index (χ0n) is 25.4. The molecule has 4 heterocycles. The molecule has 16 heteroatoms. The standard InChI is InChI=1S/C30H35F3N6O6S/c1-37-12-9-29(10-13-37)11-14-44-26-8-7-20(30(31,32)33)15-27(26)46(41,42)39-18-22(16-24(39)28(40)34-29)45-19-21-17-38(36-35-21)23-5-3-4-6-25(23)43-2/h3-8,15,17,22,24H,9-14,16,18-19H2,1-2H3,(H,34,40)/t22-,24+/m1/s1. The summed E-state index contributed by atoms with van der Waals surface area (Å²) in [5, 5.41) is 11.4. The summed E-state index contributed by atoms with van der Waals surface area (Å²) in [6.45, 7) is 1.13. The number of hydrogen-bond donors (Lipinski definition) is 1. The number of carbonyl (C=O) groups is 1. The van der Waals surface area contributed by atoms with Crippen LogP contribution in [0, 0.1) is 0 Å². The quantitative estimate of drug-likeness (QED) is 0.438. The fourth-order valence-corrected chi connectivity index (χ4v) is 8.00. The number of rotatable bonds is 5. The summed E-state index contributed by atoms with van der Waals surface area (Å²) in [6, 6.07) is 8.43. The molecule has 2 aromatic carbocycles. The first-order chi connectivity index (χ1) is 21.9. The van der Waals surface area contributed by atoms with E-state index >= 15 is 0 Å². The molecule has 46 heavy (non-hydrogen) atoms. The third kappa shape index (κ3) is 6.43. The lowest BCUT2D eigenvalue weighted by molar-refractivity contribution is -0.137. The number of amides is 1. The molecule has 248 valence electrons. The van der Waals surface area contributed by atoms with E-state index in [4.69, 9.17) is 14.2 Å². The van der Waals surface area contributed by atoms with E-state index in [1.807, 2.05) is 19.2 Å². The molecule has 2 saturated heterocycles. The van der Waals surface area contributed by atoms with Gasteiger partial charge in [-0.1, -0.05) is 17.3 Å². The summed E-state index contributed by atoms with van der Waals surface area (Å²) in [7, 11) is -1.13.